The Labute approximate surface area is 123 Å². The summed E-state index contributed by atoms with van der Waals surface area (Å²) < 4.78 is 2.84. The normalized spacial score (nSPS) is 16.6. The third-order valence-electron chi connectivity index (χ3n) is 3.80. The minimum atomic E-state index is 0.134. The molecule has 1 aromatic rings. The van der Waals surface area contributed by atoms with Crippen LogP contribution in [0.25, 0.3) is 0 Å². The van der Waals surface area contributed by atoms with Gasteiger partial charge in [-0.1, -0.05) is 0 Å². The first-order valence-electron chi connectivity index (χ1n) is 6.93. The molecule has 2 rings (SSSR count). The van der Waals surface area contributed by atoms with Crippen LogP contribution in [0.1, 0.15) is 30.3 Å². The fourth-order valence-corrected chi connectivity index (χ4v) is 3.15. The van der Waals surface area contributed by atoms with E-state index in [2.05, 4.69) is 28.2 Å². The standard InChI is InChI=1S/C14H22BrN3O/c1-3-18(9-11-4-6-16-7-5-11)14(19)13-8-12(15)10-17(13)2/h8,10-11,16H,3-7,9H2,1-2H3. The van der Waals surface area contributed by atoms with Crippen LogP contribution in [0, 0.1) is 5.92 Å². The quantitative estimate of drug-likeness (QED) is 0.920. The fraction of sp³-hybridized carbons (Fsp3) is 0.643. The van der Waals surface area contributed by atoms with E-state index < -0.39 is 0 Å². The Morgan fingerprint density at radius 3 is 2.74 bits per heavy atom. The zero-order valence-corrected chi connectivity index (χ0v) is 13.2. The van der Waals surface area contributed by atoms with E-state index in [1.165, 1.54) is 12.8 Å². The molecular formula is C14H22BrN3O. The highest BCUT2D eigenvalue weighted by Crippen LogP contribution is 2.18. The maximum Gasteiger partial charge on any atom is 0.270 e. The molecule has 0 aromatic carbocycles. The number of hydrogen-bond donors (Lipinski definition) is 1. The average Bonchev–Trinajstić information content (AvgIpc) is 2.75. The third-order valence-corrected chi connectivity index (χ3v) is 4.23. The topological polar surface area (TPSA) is 37.3 Å². The second-order valence-electron chi connectivity index (χ2n) is 5.19. The van der Waals surface area contributed by atoms with Crippen molar-refractivity contribution in [3.63, 3.8) is 0 Å². The van der Waals surface area contributed by atoms with Gasteiger partial charge in [0.05, 0.1) is 0 Å². The number of halogens is 1. The molecular weight excluding hydrogens is 306 g/mol. The molecule has 1 N–H and O–H groups in total. The van der Waals surface area contributed by atoms with Gasteiger partial charge in [0, 0.05) is 30.8 Å². The van der Waals surface area contributed by atoms with E-state index in [0.29, 0.717) is 5.92 Å². The first kappa shape index (κ1) is 14.6. The van der Waals surface area contributed by atoms with Crippen molar-refractivity contribution in [3.05, 3.63) is 22.4 Å². The summed E-state index contributed by atoms with van der Waals surface area (Å²) in [5.41, 5.74) is 0.752. The van der Waals surface area contributed by atoms with Gasteiger partial charge in [-0.15, -0.1) is 0 Å². The van der Waals surface area contributed by atoms with Crippen LogP contribution in [0.2, 0.25) is 0 Å². The predicted molar refractivity (Wildman–Crippen MR) is 80.3 cm³/mol. The van der Waals surface area contributed by atoms with Crippen LogP contribution in [0.4, 0.5) is 0 Å². The Balaban J connectivity index is 2.04. The van der Waals surface area contributed by atoms with E-state index in [-0.39, 0.29) is 5.91 Å². The molecule has 0 bridgehead atoms. The summed E-state index contributed by atoms with van der Waals surface area (Å²) >= 11 is 3.42. The molecule has 1 amide bonds. The molecule has 0 atom stereocenters. The highest BCUT2D eigenvalue weighted by atomic mass is 79.9. The first-order chi connectivity index (χ1) is 9.11. The maximum atomic E-state index is 12.6. The largest absolute Gasteiger partial charge is 0.345 e. The minimum Gasteiger partial charge on any atom is -0.345 e. The van der Waals surface area contributed by atoms with Gasteiger partial charge in [-0.3, -0.25) is 4.79 Å². The molecule has 1 aromatic heterocycles. The fourth-order valence-electron chi connectivity index (χ4n) is 2.63. The van der Waals surface area contributed by atoms with E-state index >= 15 is 0 Å². The second kappa shape index (κ2) is 6.57. The van der Waals surface area contributed by atoms with Crippen molar-refractivity contribution in [1.29, 1.82) is 0 Å². The molecule has 0 unspecified atom stereocenters. The van der Waals surface area contributed by atoms with Gasteiger partial charge in [-0.25, -0.2) is 0 Å². The Bertz CT molecular complexity index is 438. The highest BCUT2D eigenvalue weighted by molar-refractivity contribution is 9.10. The number of amides is 1. The molecule has 1 saturated heterocycles. The van der Waals surface area contributed by atoms with E-state index in [9.17, 15) is 4.79 Å². The summed E-state index contributed by atoms with van der Waals surface area (Å²) in [5.74, 6) is 0.767. The molecule has 19 heavy (non-hydrogen) atoms. The van der Waals surface area contributed by atoms with Gasteiger partial charge in [0.25, 0.3) is 5.91 Å². The zero-order chi connectivity index (χ0) is 13.8. The van der Waals surface area contributed by atoms with Gasteiger partial charge >= 0.3 is 0 Å². The van der Waals surface area contributed by atoms with Gasteiger partial charge in [0.2, 0.25) is 0 Å². The number of carbonyl (C=O) groups excluding carboxylic acids is 1. The van der Waals surface area contributed by atoms with E-state index in [4.69, 9.17) is 0 Å². The molecule has 1 aliphatic heterocycles. The van der Waals surface area contributed by atoms with Crippen molar-refractivity contribution >= 4 is 21.8 Å². The van der Waals surface area contributed by atoms with Gasteiger partial charge in [-0.05, 0) is 60.8 Å². The Kier molecular flexibility index (Phi) is 5.05. The van der Waals surface area contributed by atoms with Crippen LogP contribution in [0.15, 0.2) is 16.7 Å². The molecule has 0 radical (unpaired) electrons. The van der Waals surface area contributed by atoms with Crippen LogP contribution in [0.5, 0.6) is 0 Å². The predicted octanol–water partition coefficient (Wildman–Crippen LogP) is 2.25. The molecule has 0 spiro atoms. The summed E-state index contributed by atoms with van der Waals surface area (Å²) in [6.45, 7) is 5.85. The van der Waals surface area contributed by atoms with Gasteiger partial charge in [0.1, 0.15) is 5.69 Å². The van der Waals surface area contributed by atoms with Crippen molar-refractivity contribution in [2.75, 3.05) is 26.2 Å². The summed E-state index contributed by atoms with van der Waals surface area (Å²) in [4.78, 5) is 14.5. The highest BCUT2D eigenvalue weighted by Gasteiger charge is 2.22. The van der Waals surface area contributed by atoms with Crippen LogP contribution in [0.3, 0.4) is 0 Å². The average molecular weight is 328 g/mol. The van der Waals surface area contributed by atoms with Crippen LogP contribution >= 0.6 is 15.9 Å². The summed E-state index contributed by atoms with van der Waals surface area (Å²) in [7, 11) is 1.91. The molecule has 5 heteroatoms. The molecule has 4 nitrogen and oxygen atoms in total. The number of nitrogens with zero attached hydrogens (tertiary/aromatic N) is 2. The Morgan fingerprint density at radius 2 is 2.21 bits per heavy atom. The monoisotopic (exact) mass is 327 g/mol. The van der Waals surface area contributed by atoms with Crippen LogP contribution in [-0.2, 0) is 7.05 Å². The minimum absolute atomic E-state index is 0.134. The number of rotatable bonds is 4. The van der Waals surface area contributed by atoms with E-state index in [1.54, 1.807) is 0 Å². The van der Waals surface area contributed by atoms with Crippen molar-refractivity contribution < 1.29 is 4.79 Å². The van der Waals surface area contributed by atoms with Gasteiger partial charge in [0.15, 0.2) is 0 Å². The van der Waals surface area contributed by atoms with Gasteiger partial charge in [-0.2, -0.15) is 0 Å². The Hall–Kier alpha value is -0.810. The van der Waals surface area contributed by atoms with Crippen LogP contribution in [-0.4, -0.2) is 41.6 Å². The number of carbonyl (C=O) groups is 1. The third kappa shape index (κ3) is 3.60. The summed E-state index contributed by atoms with van der Waals surface area (Å²) in [6, 6.07) is 1.90. The van der Waals surface area contributed by atoms with Gasteiger partial charge < -0.3 is 14.8 Å². The lowest BCUT2D eigenvalue weighted by Crippen LogP contribution is -2.39. The molecule has 1 fully saturated rings. The van der Waals surface area contributed by atoms with Crippen molar-refractivity contribution in [3.8, 4) is 0 Å². The molecule has 0 aliphatic carbocycles. The van der Waals surface area contributed by atoms with Crippen molar-refractivity contribution in [1.82, 2.24) is 14.8 Å². The van der Waals surface area contributed by atoms with Crippen molar-refractivity contribution in [2.45, 2.75) is 19.8 Å². The lowest BCUT2D eigenvalue weighted by molar-refractivity contribution is 0.0717. The van der Waals surface area contributed by atoms with Crippen LogP contribution < -0.4 is 5.32 Å². The number of aryl methyl sites for hydroxylation is 1. The SMILES string of the molecule is CCN(CC1CCNCC1)C(=O)c1cc(Br)cn1C. The molecule has 2 heterocycles. The van der Waals surface area contributed by atoms with E-state index in [0.717, 1.165) is 36.3 Å². The lowest BCUT2D eigenvalue weighted by Gasteiger charge is -2.29. The summed E-state index contributed by atoms with van der Waals surface area (Å²) in [6.07, 6.45) is 4.26. The van der Waals surface area contributed by atoms with Crippen molar-refractivity contribution in [2.24, 2.45) is 13.0 Å². The number of nitrogens with one attached hydrogen (secondary N) is 1. The van der Waals surface area contributed by atoms with E-state index in [1.807, 2.05) is 28.8 Å². The second-order valence-corrected chi connectivity index (χ2v) is 6.11. The maximum absolute atomic E-state index is 12.6. The summed E-state index contributed by atoms with van der Waals surface area (Å²) in [5, 5.41) is 3.37. The lowest BCUT2D eigenvalue weighted by atomic mass is 9.97. The first-order valence-corrected chi connectivity index (χ1v) is 7.73. The number of aromatic nitrogens is 1. The molecule has 0 saturated carbocycles. The number of hydrogen-bond acceptors (Lipinski definition) is 2. The smallest absolute Gasteiger partial charge is 0.270 e. The Morgan fingerprint density at radius 1 is 1.53 bits per heavy atom. The molecule has 1 aliphatic rings. The zero-order valence-electron chi connectivity index (χ0n) is 11.7. The number of piperidine rings is 1. The molecule has 106 valence electrons.